The Hall–Kier alpha value is -5.62. The fourth-order valence-corrected chi connectivity index (χ4v) is 11.7. The quantitative estimate of drug-likeness (QED) is 0.191. The van der Waals surface area contributed by atoms with Crippen LogP contribution in [0.1, 0.15) is 103 Å². The van der Waals surface area contributed by atoms with Crippen molar-refractivity contribution in [2.24, 2.45) is 11.3 Å². The van der Waals surface area contributed by atoms with Crippen LogP contribution < -0.4 is 10.7 Å². The fraction of sp³-hybridized carbons (Fsp3) is 0.600. The minimum absolute atomic E-state index is 0.131. The molecule has 2 aromatic heterocycles. The lowest BCUT2D eigenvalue weighted by Crippen LogP contribution is -2.67. The van der Waals surface area contributed by atoms with E-state index in [4.69, 9.17) is 19.2 Å². The molecule has 0 saturated carbocycles. The van der Waals surface area contributed by atoms with E-state index < -0.39 is 40.5 Å². The van der Waals surface area contributed by atoms with Gasteiger partial charge in [0.25, 0.3) is 5.91 Å². The number of carbonyl (C=O) groups excluding carboxylic acids is 5. The molecule has 3 aromatic rings. The summed E-state index contributed by atoms with van der Waals surface area (Å²) < 4.78 is 20.7. The van der Waals surface area contributed by atoms with Crippen LogP contribution in [-0.4, -0.2) is 167 Å². The van der Waals surface area contributed by atoms with Crippen molar-refractivity contribution >= 4 is 46.2 Å². The van der Waals surface area contributed by atoms with E-state index in [1.807, 2.05) is 26.8 Å². The van der Waals surface area contributed by atoms with Crippen molar-refractivity contribution in [1.29, 1.82) is 0 Å². The molecule has 6 bridgehead atoms. The first-order valence-corrected chi connectivity index (χ1v) is 26.0. The summed E-state index contributed by atoms with van der Waals surface area (Å²) in [6.07, 6.45) is 8.56. The average Bonchev–Trinajstić information content (AvgIpc) is 3.67. The molecule has 390 valence electrons. The molecule has 17 nitrogen and oxygen atoms in total. The number of cyclic esters (lactones) is 1. The van der Waals surface area contributed by atoms with E-state index in [1.165, 1.54) is 16.0 Å². The van der Waals surface area contributed by atoms with Gasteiger partial charge in [-0.15, -0.1) is 0 Å². The van der Waals surface area contributed by atoms with Crippen molar-refractivity contribution in [2.75, 3.05) is 79.7 Å². The van der Waals surface area contributed by atoms with Crippen molar-refractivity contribution in [3.05, 3.63) is 72.1 Å². The van der Waals surface area contributed by atoms with E-state index in [0.717, 1.165) is 51.0 Å². The number of nitrogens with one attached hydrogen (secondary N) is 2. The van der Waals surface area contributed by atoms with Gasteiger partial charge in [-0.3, -0.25) is 29.3 Å². The minimum Gasteiger partial charge on any atom is -0.464 e. The summed E-state index contributed by atoms with van der Waals surface area (Å²) in [5, 5.41) is 5.73. The number of esters is 1. The minimum atomic E-state index is -1.22. The highest BCUT2D eigenvalue weighted by Gasteiger charge is 2.46. The first-order chi connectivity index (χ1) is 34.3. The Labute approximate surface area is 425 Å². The van der Waals surface area contributed by atoms with Crippen LogP contribution >= 0.6 is 0 Å². The van der Waals surface area contributed by atoms with Crippen LogP contribution in [0.15, 0.2) is 55.3 Å². The number of ether oxygens (including phenoxy) is 3. The normalized spacial score (nSPS) is 24.5. The zero-order valence-corrected chi connectivity index (χ0v) is 44.1. The Kier molecular flexibility index (Phi) is 15.7. The van der Waals surface area contributed by atoms with Gasteiger partial charge in [0.15, 0.2) is 0 Å². The monoisotopic (exact) mass is 992 g/mol. The van der Waals surface area contributed by atoms with E-state index in [9.17, 15) is 24.0 Å². The number of benzene rings is 1. The number of aryl methyl sites for hydroxylation is 1. The number of piperidine rings is 1. The Morgan fingerprint density at radius 1 is 1.04 bits per heavy atom. The van der Waals surface area contributed by atoms with Crippen LogP contribution in [0.5, 0.6) is 0 Å². The molecule has 0 radical (unpaired) electrons. The largest absolute Gasteiger partial charge is 0.464 e. The summed E-state index contributed by atoms with van der Waals surface area (Å²) in [6.45, 7) is 22.3. The van der Waals surface area contributed by atoms with Gasteiger partial charge in [0.1, 0.15) is 17.6 Å². The van der Waals surface area contributed by atoms with Crippen molar-refractivity contribution in [1.82, 2.24) is 44.9 Å². The maximum atomic E-state index is 15.0. The second-order valence-electron chi connectivity index (χ2n) is 22.0. The summed E-state index contributed by atoms with van der Waals surface area (Å²) >= 11 is 0. The van der Waals surface area contributed by atoms with Crippen LogP contribution in [0.3, 0.4) is 0 Å². The van der Waals surface area contributed by atoms with Gasteiger partial charge in [-0.25, -0.2) is 15.0 Å². The molecule has 7 heterocycles. The van der Waals surface area contributed by atoms with Gasteiger partial charge < -0.3 is 38.8 Å². The highest BCUT2D eigenvalue weighted by atomic mass is 16.5. The number of fused-ring (bicyclic) bond motifs is 6. The third kappa shape index (κ3) is 10.7. The standard InChI is InChI=1S/C55H77N9O8/c1-11-45(65)62-28-29-72-55(34-62)21-26-61(27-22-55)52(69)59(9)47(36(3)4)49(66)57-43-33-60-24-14-16-39(32-60)38-18-19-44-41(30-38)42(48(63(44)12-2)40-17-13-23-56-46(40)37(5)70-10)31-53(6,7)35-71-51(68)54(8)20-15-25-64(58-54)50(43)67/h11,13,16-19,23,30,36-37,43,47,58H,1,12,14-15,20-22,24-29,31-35H2,2-10H3,(H,57,66)/t37-,43-,47-,54+/m0/s1. The van der Waals surface area contributed by atoms with Gasteiger partial charge in [0, 0.05) is 94.6 Å². The summed E-state index contributed by atoms with van der Waals surface area (Å²) in [7, 11) is 3.34. The maximum absolute atomic E-state index is 15.0. The first kappa shape index (κ1) is 52.7. The van der Waals surface area contributed by atoms with Crippen LogP contribution in [0.2, 0.25) is 0 Å². The number of hydrogen-bond donors (Lipinski definition) is 2. The number of methoxy groups -OCH3 is 1. The Bertz CT molecular complexity index is 2580. The molecule has 2 N–H and O–H groups in total. The van der Waals surface area contributed by atoms with Crippen LogP contribution in [0.4, 0.5) is 4.79 Å². The van der Waals surface area contributed by atoms with Gasteiger partial charge >= 0.3 is 12.0 Å². The van der Waals surface area contributed by atoms with Crippen molar-refractivity contribution in [3.63, 3.8) is 0 Å². The van der Waals surface area contributed by atoms with E-state index >= 15 is 0 Å². The highest BCUT2D eigenvalue weighted by Crippen LogP contribution is 2.42. The lowest BCUT2D eigenvalue weighted by Gasteiger charge is -2.47. The molecule has 5 aliphatic heterocycles. The van der Waals surface area contributed by atoms with Gasteiger partial charge in [-0.1, -0.05) is 46.4 Å². The molecule has 1 aromatic carbocycles. The molecule has 5 aliphatic rings. The molecule has 1 spiro atoms. The summed E-state index contributed by atoms with van der Waals surface area (Å²) in [5.74, 6) is -1.70. The van der Waals surface area contributed by atoms with Crippen LogP contribution in [0.25, 0.3) is 27.7 Å². The number of urea groups is 1. The lowest BCUT2D eigenvalue weighted by molar-refractivity contribution is -0.162. The molecule has 8 rings (SSSR count). The Morgan fingerprint density at radius 2 is 1.81 bits per heavy atom. The molecule has 5 amide bonds. The van der Waals surface area contributed by atoms with Gasteiger partial charge in [0.2, 0.25) is 11.8 Å². The molecular formula is C55H77N9O8. The SMILES string of the molecule is C=CC(=O)N1CCOC2(CCN(C(=O)N(C)[C@H](C(=O)N[C@H]3CN4CCC=C(C4)c4ccc5c(c4)c(c(-c4cccnc4[C@H](C)OC)n5CC)CC(C)(C)COC(=O)[C@@]4(C)CCCN(N4)C3=O)C(C)C)CC2)C1. The van der Waals surface area contributed by atoms with E-state index in [0.29, 0.717) is 91.1 Å². The van der Waals surface area contributed by atoms with Gasteiger partial charge in [-0.05, 0) is 112 Å². The predicted octanol–water partition coefficient (Wildman–Crippen LogP) is 5.97. The smallest absolute Gasteiger partial charge is 0.327 e. The highest BCUT2D eigenvalue weighted by molar-refractivity contribution is 5.95. The van der Waals surface area contributed by atoms with E-state index in [-0.39, 0.29) is 43.0 Å². The third-order valence-corrected chi connectivity index (χ3v) is 15.7. The van der Waals surface area contributed by atoms with Crippen molar-refractivity contribution < 1.29 is 38.2 Å². The average molecular weight is 992 g/mol. The van der Waals surface area contributed by atoms with E-state index in [2.05, 4.69) is 77.9 Å². The number of likely N-dealkylation sites (N-methyl/N-ethyl adjacent to an activating group) is 1. The summed E-state index contributed by atoms with van der Waals surface area (Å²) in [6, 6.07) is 8.52. The lowest BCUT2D eigenvalue weighted by atomic mass is 9.84. The molecule has 0 aliphatic carbocycles. The number of morpholine rings is 1. The number of pyridine rings is 1. The number of aromatic nitrogens is 2. The number of hydrogen-bond acceptors (Lipinski definition) is 11. The fourth-order valence-electron chi connectivity index (χ4n) is 11.7. The molecule has 1 unspecified atom stereocenters. The molecule has 72 heavy (non-hydrogen) atoms. The molecule has 3 fully saturated rings. The number of hydrazine groups is 1. The number of rotatable bonds is 9. The third-order valence-electron chi connectivity index (χ3n) is 15.7. The van der Waals surface area contributed by atoms with Crippen molar-refractivity contribution in [3.8, 4) is 11.3 Å². The number of amides is 5. The van der Waals surface area contributed by atoms with Crippen molar-refractivity contribution in [2.45, 2.75) is 123 Å². The van der Waals surface area contributed by atoms with Gasteiger partial charge in [0.05, 0.1) is 42.9 Å². The second-order valence-corrected chi connectivity index (χ2v) is 22.0. The number of carbonyl (C=O) groups is 5. The first-order valence-electron chi connectivity index (χ1n) is 26.0. The molecule has 5 atom stereocenters. The Balaban J connectivity index is 1.10. The molecular weight excluding hydrogens is 915 g/mol. The topological polar surface area (TPSA) is 171 Å². The molecule has 17 heteroatoms. The van der Waals surface area contributed by atoms with Gasteiger partial charge in [-0.2, -0.15) is 0 Å². The summed E-state index contributed by atoms with van der Waals surface area (Å²) in [4.78, 5) is 82.9. The zero-order chi connectivity index (χ0) is 51.7. The zero-order valence-electron chi connectivity index (χ0n) is 44.1. The summed E-state index contributed by atoms with van der Waals surface area (Å²) in [5.41, 5.74) is 8.33. The molecule has 3 saturated heterocycles. The van der Waals surface area contributed by atoms with E-state index in [1.54, 1.807) is 37.1 Å². The van der Waals surface area contributed by atoms with Crippen LogP contribution in [0, 0.1) is 11.3 Å². The Morgan fingerprint density at radius 3 is 2.51 bits per heavy atom. The number of likely N-dealkylation sites (tertiary alicyclic amines) is 1. The predicted molar refractivity (Wildman–Crippen MR) is 276 cm³/mol. The number of nitrogens with zero attached hydrogens (tertiary/aromatic N) is 7. The van der Waals surface area contributed by atoms with Crippen LogP contribution in [-0.2, 0) is 46.4 Å². The second kappa shape index (κ2) is 21.5. The maximum Gasteiger partial charge on any atom is 0.327 e.